The largest absolute Gasteiger partial charge is 0.362 e. The molecular formula is C5H9F3O. The fourth-order valence-corrected chi connectivity index (χ4v) is 0.410. The van der Waals surface area contributed by atoms with Crippen LogP contribution < -0.4 is 0 Å². The van der Waals surface area contributed by atoms with Crippen molar-refractivity contribution in [2.75, 3.05) is 6.67 Å². The zero-order valence-electron chi connectivity index (χ0n) is 4.86. The molecule has 9 heavy (non-hydrogen) atoms. The predicted molar refractivity (Wildman–Crippen MR) is 27.2 cm³/mol. The van der Waals surface area contributed by atoms with Crippen molar-refractivity contribution in [3.05, 3.63) is 0 Å². The van der Waals surface area contributed by atoms with Crippen LogP contribution in [0.25, 0.3) is 0 Å². The highest BCUT2D eigenvalue weighted by Crippen LogP contribution is 2.07. The van der Waals surface area contributed by atoms with E-state index in [0.717, 1.165) is 0 Å². The number of hydrogen-bond acceptors (Lipinski definition) is 1. The quantitative estimate of drug-likeness (QED) is 0.628. The molecule has 0 saturated heterocycles. The van der Waals surface area contributed by atoms with Gasteiger partial charge in [-0.05, 0) is 12.8 Å². The number of alkyl halides is 3. The standard InChI is InChI=1S/C5H9F3O/c6-3-1-2-4(7)5(8)9/h4-5,9H,1-3H2. The highest BCUT2D eigenvalue weighted by Gasteiger charge is 2.15. The lowest BCUT2D eigenvalue weighted by molar-refractivity contribution is -0.0310. The van der Waals surface area contributed by atoms with E-state index in [9.17, 15) is 13.2 Å². The van der Waals surface area contributed by atoms with Crippen LogP contribution in [0.4, 0.5) is 13.2 Å². The van der Waals surface area contributed by atoms with Gasteiger partial charge < -0.3 is 5.11 Å². The van der Waals surface area contributed by atoms with Crippen molar-refractivity contribution in [2.24, 2.45) is 0 Å². The monoisotopic (exact) mass is 142 g/mol. The summed E-state index contributed by atoms with van der Waals surface area (Å²) in [6.45, 7) is -0.673. The minimum atomic E-state index is -2.46. The molecule has 2 unspecified atom stereocenters. The van der Waals surface area contributed by atoms with Gasteiger partial charge in [-0.3, -0.25) is 4.39 Å². The van der Waals surface area contributed by atoms with Crippen LogP contribution >= 0.6 is 0 Å². The van der Waals surface area contributed by atoms with E-state index in [1.54, 1.807) is 0 Å². The van der Waals surface area contributed by atoms with Crippen LogP contribution in [0, 0.1) is 0 Å². The van der Waals surface area contributed by atoms with Crippen molar-refractivity contribution >= 4 is 0 Å². The molecule has 0 aromatic heterocycles. The van der Waals surface area contributed by atoms with Crippen molar-refractivity contribution in [1.29, 1.82) is 0 Å². The van der Waals surface area contributed by atoms with Crippen LogP contribution in [-0.4, -0.2) is 24.3 Å². The molecule has 0 aliphatic heterocycles. The van der Waals surface area contributed by atoms with Gasteiger partial charge in [-0.15, -0.1) is 0 Å². The van der Waals surface area contributed by atoms with Gasteiger partial charge in [0.15, 0.2) is 6.17 Å². The second kappa shape index (κ2) is 4.61. The summed E-state index contributed by atoms with van der Waals surface area (Å²) in [6.07, 6.45) is -4.69. The van der Waals surface area contributed by atoms with Crippen LogP contribution in [0.15, 0.2) is 0 Å². The molecule has 0 amide bonds. The second-order valence-electron chi connectivity index (χ2n) is 1.72. The Labute approximate surface area is 51.5 Å². The fraction of sp³-hybridized carbons (Fsp3) is 1.00. The maximum Gasteiger partial charge on any atom is 0.227 e. The van der Waals surface area contributed by atoms with E-state index in [1.165, 1.54) is 0 Å². The SMILES string of the molecule is OC(F)C(F)CCCF. The van der Waals surface area contributed by atoms with Gasteiger partial charge in [0, 0.05) is 0 Å². The molecule has 2 atom stereocenters. The highest BCUT2D eigenvalue weighted by molar-refractivity contribution is 4.56. The van der Waals surface area contributed by atoms with Gasteiger partial charge in [0.1, 0.15) is 0 Å². The first-order chi connectivity index (χ1) is 4.18. The molecule has 0 aromatic carbocycles. The van der Waals surface area contributed by atoms with Crippen molar-refractivity contribution in [3.8, 4) is 0 Å². The Kier molecular flexibility index (Phi) is 4.48. The van der Waals surface area contributed by atoms with Crippen LogP contribution in [0.1, 0.15) is 12.8 Å². The van der Waals surface area contributed by atoms with Gasteiger partial charge in [0.05, 0.1) is 6.67 Å². The third-order valence-corrected chi connectivity index (χ3v) is 0.912. The molecular weight excluding hydrogens is 133 g/mol. The van der Waals surface area contributed by atoms with Gasteiger partial charge in [-0.1, -0.05) is 0 Å². The fourth-order valence-electron chi connectivity index (χ4n) is 0.410. The Bertz CT molecular complexity index is 67.2. The molecule has 1 nitrogen and oxygen atoms in total. The number of hydrogen-bond donors (Lipinski definition) is 1. The topological polar surface area (TPSA) is 20.2 Å². The Balaban J connectivity index is 3.16. The Morgan fingerprint density at radius 3 is 2.22 bits per heavy atom. The molecule has 0 aliphatic rings. The average molecular weight is 142 g/mol. The maximum atomic E-state index is 11.9. The van der Waals surface area contributed by atoms with Gasteiger partial charge in [-0.25, -0.2) is 8.78 Å². The number of rotatable bonds is 4. The number of aliphatic hydroxyl groups is 1. The summed E-state index contributed by atoms with van der Waals surface area (Å²) in [5, 5.41) is 7.88. The molecule has 0 saturated carbocycles. The molecule has 0 aromatic rings. The first-order valence-corrected chi connectivity index (χ1v) is 2.70. The van der Waals surface area contributed by atoms with Gasteiger partial charge in [0.25, 0.3) is 0 Å². The van der Waals surface area contributed by atoms with Crippen LogP contribution in [0.5, 0.6) is 0 Å². The maximum absolute atomic E-state index is 11.9. The molecule has 4 heteroatoms. The number of halogens is 3. The summed E-state index contributed by atoms with van der Waals surface area (Å²) in [5.41, 5.74) is 0. The molecule has 1 N–H and O–H groups in total. The van der Waals surface area contributed by atoms with Crippen LogP contribution in [0.3, 0.4) is 0 Å². The molecule has 0 heterocycles. The van der Waals surface area contributed by atoms with E-state index >= 15 is 0 Å². The summed E-state index contributed by atoms with van der Waals surface area (Å²) in [7, 11) is 0. The molecule has 0 rings (SSSR count). The summed E-state index contributed by atoms with van der Waals surface area (Å²) >= 11 is 0. The zero-order chi connectivity index (χ0) is 7.28. The summed E-state index contributed by atoms with van der Waals surface area (Å²) in [5.74, 6) is 0. The van der Waals surface area contributed by atoms with E-state index in [4.69, 9.17) is 5.11 Å². The van der Waals surface area contributed by atoms with Gasteiger partial charge in [0.2, 0.25) is 6.36 Å². The van der Waals surface area contributed by atoms with E-state index in [0.29, 0.717) is 0 Å². The average Bonchev–Trinajstić information content (AvgIpc) is 1.82. The zero-order valence-corrected chi connectivity index (χ0v) is 4.86. The first kappa shape index (κ1) is 8.75. The molecule has 0 fully saturated rings. The molecule has 0 spiro atoms. The third kappa shape index (κ3) is 4.27. The predicted octanol–water partition coefficient (Wildman–Crippen LogP) is 1.36. The van der Waals surface area contributed by atoms with E-state index in [2.05, 4.69) is 0 Å². The van der Waals surface area contributed by atoms with Crippen LogP contribution in [-0.2, 0) is 0 Å². The minimum absolute atomic E-state index is 0.0395. The van der Waals surface area contributed by atoms with Crippen molar-refractivity contribution in [3.63, 3.8) is 0 Å². The Hall–Kier alpha value is -0.250. The van der Waals surface area contributed by atoms with Crippen LogP contribution in [0.2, 0.25) is 0 Å². The van der Waals surface area contributed by atoms with Crippen molar-refractivity contribution in [2.45, 2.75) is 25.4 Å². The normalized spacial score (nSPS) is 17.3. The number of aliphatic hydroxyl groups excluding tert-OH is 1. The first-order valence-electron chi connectivity index (χ1n) is 2.70. The summed E-state index contributed by atoms with van der Waals surface area (Å²) < 4.78 is 34.6. The second-order valence-corrected chi connectivity index (χ2v) is 1.72. The lowest BCUT2D eigenvalue weighted by Gasteiger charge is -2.04. The van der Waals surface area contributed by atoms with E-state index in [1.807, 2.05) is 0 Å². The smallest absolute Gasteiger partial charge is 0.227 e. The van der Waals surface area contributed by atoms with Crippen molar-refractivity contribution < 1.29 is 18.3 Å². The molecule has 0 radical (unpaired) electrons. The molecule has 0 aliphatic carbocycles. The Morgan fingerprint density at radius 2 is 1.89 bits per heavy atom. The molecule has 56 valence electrons. The third-order valence-electron chi connectivity index (χ3n) is 0.912. The molecule has 0 bridgehead atoms. The van der Waals surface area contributed by atoms with Gasteiger partial charge >= 0.3 is 0 Å². The Morgan fingerprint density at radius 1 is 1.33 bits per heavy atom. The lowest BCUT2D eigenvalue weighted by Crippen LogP contribution is -2.15. The van der Waals surface area contributed by atoms with Gasteiger partial charge in [-0.2, -0.15) is 0 Å². The minimum Gasteiger partial charge on any atom is -0.362 e. The highest BCUT2D eigenvalue weighted by atomic mass is 19.2. The summed E-state index contributed by atoms with van der Waals surface area (Å²) in [4.78, 5) is 0. The van der Waals surface area contributed by atoms with E-state index < -0.39 is 19.2 Å². The summed E-state index contributed by atoms with van der Waals surface area (Å²) in [6, 6.07) is 0. The van der Waals surface area contributed by atoms with Crippen molar-refractivity contribution in [1.82, 2.24) is 0 Å². The lowest BCUT2D eigenvalue weighted by atomic mass is 10.2. The van der Waals surface area contributed by atoms with E-state index in [-0.39, 0.29) is 12.8 Å².